The van der Waals surface area contributed by atoms with Gasteiger partial charge in [0, 0.05) is 6.04 Å². The molecule has 0 aromatic rings. The topological polar surface area (TPSA) is 93.4 Å². The zero-order valence-corrected chi connectivity index (χ0v) is 11.3. The Morgan fingerprint density at radius 1 is 1.50 bits per heavy atom. The molecule has 2 unspecified atom stereocenters. The predicted octanol–water partition coefficient (Wildman–Crippen LogP) is -0.476. The molecule has 1 rings (SSSR count). The normalized spacial score (nSPS) is 19.9. The van der Waals surface area contributed by atoms with E-state index in [1.165, 1.54) is 7.11 Å². The van der Waals surface area contributed by atoms with Gasteiger partial charge in [0.05, 0.1) is 13.2 Å². The SMILES string of the molecule is CNC(CCC(C)(NC1CC1)C(=O)OC)C(N)=O. The first kappa shape index (κ1) is 14.9. The molecule has 4 N–H and O–H groups in total. The third-order valence-electron chi connectivity index (χ3n) is 3.36. The largest absolute Gasteiger partial charge is 0.468 e. The van der Waals surface area contributed by atoms with Gasteiger partial charge < -0.3 is 15.8 Å². The number of likely N-dealkylation sites (N-methyl/N-ethyl adjacent to an activating group) is 1. The van der Waals surface area contributed by atoms with Gasteiger partial charge in [0.25, 0.3) is 0 Å². The number of hydrogen-bond donors (Lipinski definition) is 3. The van der Waals surface area contributed by atoms with E-state index in [1.807, 2.05) is 6.92 Å². The van der Waals surface area contributed by atoms with Gasteiger partial charge in [-0.3, -0.25) is 14.9 Å². The lowest BCUT2D eigenvalue weighted by Crippen LogP contribution is -2.52. The number of carbonyl (C=O) groups is 2. The van der Waals surface area contributed by atoms with E-state index >= 15 is 0 Å². The third-order valence-corrected chi connectivity index (χ3v) is 3.36. The second-order valence-corrected chi connectivity index (χ2v) is 5.02. The maximum Gasteiger partial charge on any atom is 0.325 e. The van der Waals surface area contributed by atoms with Gasteiger partial charge in [-0.1, -0.05) is 0 Å². The van der Waals surface area contributed by atoms with Crippen LogP contribution in [0.15, 0.2) is 0 Å². The summed E-state index contributed by atoms with van der Waals surface area (Å²) in [5.41, 5.74) is 4.51. The Morgan fingerprint density at radius 2 is 2.11 bits per heavy atom. The lowest BCUT2D eigenvalue weighted by atomic mass is 9.93. The molecule has 1 amide bonds. The molecule has 0 saturated heterocycles. The summed E-state index contributed by atoms with van der Waals surface area (Å²) in [5.74, 6) is -0.704. The molecule has 2 atom stereocenters. The van der Waals surface area contributed by atoms with Crippen molar-refractivity contribution in [3.8, 4) is 0 Å². The van der Waals surface area contributed by atoms with Crippen LogP contribution in [0.25, 0.3) is 0 Å². The maximum absolute atomic E-state index is 11.8. The molecule has 104 valence electrons. The molecule has 0 heterocycles. The number of primary amides is 1. The van der Waals surface area contributed by atoms with Crippen molar-refractivity contribution in [2.75, 3.05) is 14.2 Å². The van der Waals surface area contributed by atoms with Gasteiger partial charge in [-0.05, 0) is 39.7 Å². The quantitative estimate of drug-likeness (QED) is 0.511. The van der Waals surface area contributed by atoms with Crippen molar-refractivity contribution in [1.82, 2.24) is 10.6 Å². The zero-order chi connectivity index (χ0) is 13.8. The first-order valence-electron chi connectivity index (χ1n) is 6.25. The standard InChI is InChI=1S/C12H23N3O3/c1-12(11(17)18-3,15-8-4-5-8)7-6-9(14-2)10(13)16/h8-9,14-15H,4-7H2,1-3H3,(H2,13,16). The number of ether oxygens (including phenoxy) is 1. The molecule has 6 heteroatoms. The predicted molar refractivity (Wildman–Crippen MR) is 67.9 cm³/mol. The lowest BCUT2D eigenvalue weighted by Gasteiger charge is -2.29. The molecule has 0 radical (unpaired) electrons. The third kappa shape index (κ3) is 3.96. The smallest absolute Gasteiger partial charge is 0.325 e. The molecule has 6 nitrogen and oxygen atoms in total. The molecule has 0 bridgehead atoms. The summed E-state index contributed by atoms with van der Waals surface area (Å²) < 4.78 is 4.83. The van der Waals surface area contributed by atoms with Crippen LogP contribution in [0.3, 0.4) is 0 Å². The molecule has 0 spiro atoms. The summed E-state index contributed by atoms with van der Waals surface area (Å²) in [6.07, 6.45) is 3.16. The van der Waals surface area contributed by atoms with Crippen LogP contribution >= 0.6 is 0 Å². The van der Waals surface area contributed by atoms with Crippen LogP contribution in [0.4, 0.5) is 0 Å². The van der Waals surface area contributed by atoms with Crippen LogP contribution in [0.1, 0.15) is 32.6 Å². The molecular weight excluding hydrogens is 234 g/mol. The van der Waals surface area contributed by atoms with Crippen molar-refractivity contribution in [2.24, 2.45) is 5.73 Å². The van der Waals surface area contributed by atoms with Crippen molar-refractivity contribution in [1.29, 1.82) is 0 Å². The molecule has 0 aliphatic heterocycles. The first-order chi connectivity index (χ1) is 8.42. The van der Waals surface area contributed by atoms with Crippen molar-refractivity contribution in [3.05, 3.63) is 0 Å². The summed E-state index contributed by atoms with van der Waals surface area (Å²) in [6, 6.07) is -0.0364. The van der Waals surface area contributed by atoms with Gasteiger partial charge in [-0.15, -0.1) is 0 Å². The highest BCUT2D eigenvalue weighted by Crippen LogP contribution is 2.26. The fourth-order valence-electron chi connectivity index (χ4n) is 2.00. The van der Waals surface area contributed by atoms with Crippen LogP contribution in [0.5, 0.6) is 0 Å². The van der Waals surface area contributed by atoms with E-state index in [4.69, 9.17) is 10.5 Å². The summed E-state index contributed by atoms with van der Waals surface area (Å²) in [4.78, 5) is 23.0. The minimum atomic E-state index is -0.750. The van der Waals surface area contributed by atoms with Gasteiger partial charge in [-0.25, -0.2) is 0 Å². The Bertz CT molecular complexity index is 318. The lowest BCUT2D eigenvalue weighted by molar-refractivity contribution is -0.148. The number of nitrogens with two attached hydrogens (primary N) is 1. The van der Waals surface area contributed by atoms with E-state index < -0.39 is 17.5 Å². The van der Waals surface area contributed by atoms with Crippen molar-refractivity contribution >= 4 is 11.9 Å². The van der Waals surface area contributed by atoms with Gasteiger partial charge in [0.1, 0.15) is 5.54 Å². The second kappa shape index (κ2) is 6.15. The van der Waals surface area contributed by atoms with Gasteiger partial charge in [0.15, 0.2) is 0 Å². The average Bonchev–Trinajstić information content (AvgIpc) is 3.12. The monoisotopic (exact) mass is 257 g/mol. The Labute approximate surface area is 108 Å². The number of nitrogens with one attached hydrogen (secondary N) is 2. The Kier molecular flexibility index (Phi) is 5.10. The van der Waals surface area contributed by atoms with Crippen LogP contribution in [0, 0.1) is 0 Å². The van der Waals surface area contributed by atoms with Crippen LogP contribution in [-0.4, -0.2) is 43.7 Å². The molecule has 18 heavy (non-hydrogen) atoms. The van der Waals surface area contributed by atoms with E-state index in [0.717, 1.165) is 12.8 Å². The second-order valence-electron chi connectivity index (χ2n) is 5.02. The summed E-state index contributed by atoms with van der Waals surface area (Å²) in [6.45, 7) is 1.81. The van der Waals surface area contributed by atoms with Crippen molar-refractivity contribution in [2.45, 2.75) is 50.2 Å². The number of amides is 1. The number of esters is 1. The Hall–Kier alpha value is -1.14. The molecular formula is C12H23N3O3. The van der Waals surface area contributed by atoms with Gasteiger partial charge in [-0.2, -0.15) is 0 Å². The molecule has 1 aliphatic carbocycles. The highest BCUT2D eigenvalue weighted by Gasteiger charge is 2.39. The van der Waals surface area contributed by atoms with Crippen LogP contribution in [0.2, 0.25) is 0 Å². The van der Waals surface area contributed by atoms with E-state index in [9.17, 15) is 9.59 Å². The average molecular weight is 257 g/mol. The van der Waals surface area contributed by atoms with E-state index in [2.05, 4.69) is 10.6 Å². The Balaban J connectivity index is 2.59. The summed E-state index contributed by atoms with van der Waals surface area (Å²) in [7, 11) is 3.05. The number of hydrogen-bond acceptors (Lipinski definition) is 5. The number of methoxy groups -OCH3 is 1. The van der Waals surface area contributed by atoms with Crippen LogP contribution < -0.4 is 16.4 Å². The van der Waals surface area contributed by atoms with Crippen LogP contribution in [-0.2, 0) is 14.3 Å². The van der Waals surface area contributed by atoms with E-state index in [0.29, 0.717) is 18.9 Å². The fraction of sp³-hybridized carbons (Fsp3) is 0.833. The van der Waals surface area contributed by atoms with Gasteiger partial charge >= 0.3 is 5.97 Å². The highest BCUT2D eigenvalue weighted by molar-refractivity contribution is 5.81. The first-order valence-corrected chi connectivity index (χ1v) is 6.25. The summed E-state index contributed by atoms with van der Waals surface area (Å²) in [5, 5.41) is 6.13. The Morgan fingerprint density at radius 3 is 2.50 bits per heavy atom. The van der Waals surface area contributed by atoms with Crippen molar-refractivity contribution in [3.63, 3.8) is 0 Å². The minimum absolute atomic E-state index is 0.297. The fourth-order valence-corrected chi connectivity index (χ4v) is 2.00. The summed E-state index contributed by atoms with van der Waals surface area (Å²) >= 11 is 0. The number of rotatable bonds is 8. The molecule has 0 aromatic heterocycles. The molecule has 1 fully saturated rings. The van der Waals surface area contributed by atoms with Gasteiger partial charge in [0.2, 0.25) is 5.91 Å². The van der Waals surface area contributed by atoms with E-state index in [1.54, 1.807) is 7.05 Å². The number of carbonyl (C=O) groups excluding carboxylic acids is 2. The highest BCUT2D eigenvalue weighted by atomic mass is 16.5. The van der Waals surface area contributed by atoms with E-state index in [-0.39, 0.29) is 5.97 Å². The maximum atomic E-state index is 11.8. The zero-order valence-electron chi connectivity index (χ0n) is 11.3. The molecule has 0 aromatic carbocycles. The molecule has 1 aliphatic rings. The van der Waals surface area contributed by atoms with Crippen molar-refractivity contribution < 1.29 is 14.3 Å². The minimum Gasteiger partial charge on any atom is -0.468 e. The molecule has 1 saturated carbocycles.